The van der Waals surface area contributed by atoms with Crippen molar-refractivity contribution in [1.82, 2.24) is 5.43 Å². The molecule has 0 radical (unpaired) electrons. The maximum absolute atomic E-state index is 12.1. The van der Waals surface area contributed by atoms with Gasteiger partial charge in [-0.2, -0.15) is 10.4 Å². The van der Waals surface area contributed by atoms with Crippen LogP contribution in [0.15, 0.2) is 65.8 Å². The second kappa shape index (κ2) is 9.71. The Labute approximate surface area is 186 Å². The van der Waals surface area contributed by atoms with E-state index in [-0.39, 0.29) is 22.0 Å². The molecule has 154 valence electrons. The van der Waals surface area contributed by atoms with Crippen LogP contribution in [0.5, 0.6) is 11.5 Å². The van der Waals surface area contributed by atoms with Gasteiger partial charge in [0.2, 0.25) is 0 Å². The van der Waals surface area contributed by atoms with E-state index < -0.39 is 10.8 Å². The van der Waals surface area contributed by atoms with Gasteiger partial charge in [0.15, 0.2) is 0 Å². The van der Waals surface area contributed by atoms with Crippen LogP contribution < -0.4 is 10.2 Å². The molecule has 0 unspecified atom stereocenters. The minimum absolute atomic E-state index is 0.0462. The third kappa shape index (κ3) is 5.57. The van der Waals surface area contributed by atoms with Gasteiger partial charge in [0.25, 0.3) is 11.6 Å². The van der Waals surface area contributed by atoms with Crippen molar-refractivity contribution in [2.24, 2.45) is 5.10 Å². The third-order valence-electron chi connectivity index (χ3n) is 3.96. The number of hydrogen-bond donors (Lipinski definition) is 1. The Kier molecular flexibility index (Phi) is 6.82. The van der Waals surface area contributed by atoms with Crippen LogP contribution in [0.4, 0.5) is 5.69 Å². The topological polar surface area (TPSA) is 118 Å². The van der Waals surface area contributed by atoms with Crippen LogP contribution in [0.2, 0.25) is 10.0 Å². The number of ether oxygens (including phenoxy) is 1. The number of benzene rings is 3. The zero-order valence-electron chi connectivity index (χ0n) is 15.6. The normalized spacial score (nSPS) is 10.5. The second-order valence-electron chi connectivity index (χ2n) is 6.05. The maximum atomic E-state index is 12.1. The number of nitro groups is 1. The first-order chi connectivity index (χ1) is 14.9. The molecule has 0 spiro atoms. The number of carbonyl (C=O) groups excluding carboxylic acids is 1. The van der Waals surface area contributed by atoms with Crippen LogP contribution in [0, 0.1) is 21.4 Å². The molecule has 10 heteroatoms. The van der Waals surface area contributed by atoms with Gasteiger partial charge in [0, 0.05) is 17.7 Å². The predicted molar refractivity (Wildman–Crippen MR) is 116 cm³/mol. The molecule has 0 saturated heterocycles. The van der Waals surface area contributed by atoms with Crippen molar-refractivity contribution >= 4 is 41.0 Å². The standard InChI is InChI=1S/C21H12Cl2N4O4/c22-18-7-3-14(10-19(18)23)21(28)26-25-12-13-1-5-17(6-2-13)31-20-8-4-16(27(29)30)9-15(20)11-24/h1-10,12H,(H,26,28)/b25-12+. The summed E-state index contributed by atoms with van der Waals surface area (Å²) in [5, 5.41) is 24.5. The molecule has 0 aliphatic heterocycles. The molecule has 3 aromatic rings. The molecule has 0 saturated carbocycles. The Morgan fingerprint density at radius 2 is 1.84 bits per heavy atom. The second-order valence-corrected chi connectivity index (χ2v) is 6.86. The van der Waals surface area contributed by atoms with E-state index >= 15 is 0 Å². The summed E-state index contributed by atoms with van der Waals surface area (Å²) in [5.41, 5.74) is 3.22. The van der Waals surface area contributed by atoms with Crippen molar-refractivity contribution in [1.29, 1.82) is 5.26 Å². The summed E-state index contributed by atoms with van der Waals surface area (Å²) in [4.78, 5) is 22.3. The van der Waals surface area contributed by atoms with Gasteiger partial charge in [0.1, 0.15) is 23.1 Å². The lowest BCUT2D eigenvalue weighted by atomic mass is 10.2. The zero-order chi connectivity index (χ0) is 22.4. The lowest BCUT2D eigenvalue weighted by Gasteiger charge is -2.07. The molecule has 0 aliphatic carbocycles. The largest absolute Gasteiger partial charge is 0.456 e. The predicted octanol–water partition coefficient (Wildman–Crippen LogP) is 5.33. The molecule has 1 N–H and O–H groups in total. The number of halogens is 2. The van der Waals surface area contributed by atoms with Gasteiger partial charge in [-0.05, 0) is 54.1 Å². The van der Waals surface area contributed by atoms with E-state index in [9.17, 15) is 20.2 Å². The number of rotatable bonds is 6. The number of nitrogens with one attached hydrogen (secondary N) is 1. The minimum atomic E-state index is -0.584. The monoisotopic (exact) mass is 454 g/mol. The molecule has 0 fully saturated rings. The molecule has 8 nitrogen and oxygen atoms in total. The SMILES string of the molecule is N#Cc1cc([N+](=O)[O-])ccc1Oc1ccc(/C=N/NC(=O)c2ccc(Cl)c(Cl)c2)cc1. The number of nitro benzene ring substituents is 1. The number of non-ortho nitro benzene ring substituents is 1. The van der Waals surface area contributed by atoms with E-state index in [1.54, 1.807) is 24.3 Å². The van der Waals surface area contributed by atoms with Crippen molar-refractivity contribution in [3.8, 4) is 17.6 Å². The number of nitrogens with zero attached hydrogens (tertiary/aromatic N) is 3. The summed E-state index contributed by atoms with van der Waals surface area (Å²) >= 11 is 11.7. The first-order valence-electron chi connectivity index (χ1n) is 8.62. The number of carbonyl (C=O) groups is 1. The Balaban J connectivity index is 1.64. The molecule has 0 bridgehead atoms. The van der Waals surface area contributed by atoms with Crippen molar-refractivity contribution < 1.29 is 14.5 Å². The summed E-state index contributed by atoms with van der Waals surface area (Å²) in [5.74, 6) is 0.169. The van der Waals surface area contributed by atoms with Crippen LogP contribution in [0.3, 0.4) is 0 Å². The molecular formula is C21H12Cl2N4O4. The Bertz CT molecular complexity index is 1220. The highest BCUT2D eigenvalue weighted by atomic mass is 35.5. The van der Waals surface area contributed by atoms with Crippen molar-refractivity contribution in [2.75, 3.05) is 0 Å². The van der Waals surface area contributed by atoms with Crippen molar-refractivity contribution in [3.63, 3.8) is 0 Å². The highest BCUT2D eigenvalue weighted by Crippen LogP contribution is 2.28. The molecule has 3 rings (SSSR count). The fraction of sp³-hybridized carbons (Fsp3) is 0. The van der Waals surface area contributed by atoms with Crippen LogP contribution in [0.25, 0.3) is 0 Å². The first kappa shape index (κ1) is 21.8. The minimum Gasteiger partial charge on any atom is -0.456 e. The summed E-state index contributed by atoms with van der Waals surface area (Å²) < 4.78 is 5.63. The van der Waals surface area contributed by atoms with E-state index in [1.165, 1.54) is 36.5 Å². The average Bonchev–Trinajstić information content (AvgIpc) is 2.76. The van der Waals surface area contributed by atoms with Crippen LogP contribution >= 0.6 is 23.2 Å². The fourth-order valence-electron chi connectivity index (χ4n) is 2.42. The van der Waals surface area contributed by atoms with E-state index in [0.717, 1.165) is 6.07 Å². The average molecular weight is 455 g/mol. The summed E-state index contributed by atoms with van der Waals surface area (Å²) in [6.45, 7) is 0. The Hall–Kier alpha value is -3.93. The lowest BCUT2D eigenvalue weighted by Crippen LogP contribution is -2.17. The van der Waals surface area contributed by atoms with Crippen molar-refractivity contribution in [2.45, 2.75) is 0 Å². The summed E-state index contributed by atoms with van der Waals surface area (Å²) in [6, 6.07) is 16.8. The summed E-state index contributed by atoms with van der Waals surface area (Å²) in [6.07, 6.45) is 1.44. The Morgan fingerprint density at radius 1 is 1.10 bits per heavy atom. The van der Waals surface area contributed by atoms with Gasteiger partial charge in [-0.15, -0.1) is 0 Å². The highest BCUT2D eigenvalue weighted by Gasteiger charge is 2.12. The Morgan fingerprint density at radius 3 is 2.48 bits per heavy atom. The van der Waals surface area contributed by atoms with Crippen molar-refractivity contribution in [3.05, 3.63) is 97.5 Å². The molecule has 0 aromatic heterocycles. The van der Waals surface area contributed by atoms with Gasteiger partial charge < -0.3 is 4.74 Å². The molecule has 1 amide bonds. The number of amides is 1. The maximum Gasteiger partial charge on any atom is 0.271 e. The zero-order valence-corrected chi connectivity index (χ0v) is 17.1. The molecule has 0 aliphatic rings. The van der Waals surface area contributed by atoms with Gasteiger partial charge in [0.05, 0.1) is 21.2 Å². The van der Waals surface area contributed by atoms with E-state index in [0.29, 0.717) is 21.9 Å². The molecule has 31 heavy (non-hydrogen) atoms. The van der Waals surface area contributed by atoms with Gasteiger partial charge in [-0.1, -0.05) is 23.2 Å². The quantitative estimate of drug-likeness (QED) is 0.306. The van der Waals surface area contributed by atoms with Gasteiger partial charge in [-0.25, -0.2) is 5.43 Å². The van der Waals surface area contributed by atoms with E-state index in [2.05, 4.69) is 10.5 Å². The van der Waals surface area contributed by atoms with Crippen LogP contribution in [-0.2, 0) is 0 Å². The van der Waals surface area contributed by atoms with E-state index in [4.69, 9.17) is 27.9 Å². The van der Waals surface area contributed by atoms with Crippen LogP contribution in [-0.4, -0.2) is 17.0 Å². The summed E-state index contributed by atoms with van der Waals surface area (Å²) in [7, 11) is 0. The number of hydrazone groups is 1. The van der Waals surface area contributed by atoms with E-state index in [1.807, 2.05) is 6.07 Å². The molecule has 3 aromatic carbocycles. The molecule has 0 heterocycles. The molecule has 0 atom stereocenters. The number of hydrogen-bond acceptors (Lipinski definition) is 6. The third-order valence-corrected chi connectivity index (χ3v) is 4.70. The lowest BCUT2D eigenvalue weighted by molar-refractivity contribution is -0.384. The fourth-order valence-corrected chi connectivity index (χ4v) is 2.72. The smallest absolute Gasteiger partial charge is 0.271 e. The van der Waals surface area contributed by atoms with Gasteiger partial charge >= 0.3 is 0 Å². The number of nitriles is 1. The highest BCUT2D eigenvalue weighted by molar-refractivity contribution is 6.42. The first-order valence-corrected chi connectivity index (χ1v) is 9.38. The van der Waals surface area contributed by atoms with Crippen LogP contribution in [0.1, 0.15) is 21.5 Å². The van der Waals surface area contributed by atoms with Gasteiger partial charge in [-0.3, -0.25) is 14.9 Å². The molecular weight excluding hydrogens is 443 g/mol.